The minimum Gasteiger partial charge on any atom is -0.459 e. The molecule has 3 saturated heterocycles. The molecule has 0 amide bonds. The van der Waals surface area contributed by atoms with Gasteiger partial charge >= 0.3 is 11.9 Å². The molecule has 3 aliphatic heterocycles. The van der Waals surface area contributed by atoms with Gasteiger partial charge in [0.2, 0.25) is 0 Å². The van der Waals surface area contributed by atoms with Gasteiger partial charge in [0.25, 0.3) is 0 Å². The molecule has 0 unspecified atom stereocenters. The number of aliphatic hydroxyl groups is 1. The van der Waals surface area contributed by atoms with Crippen LogP contribution in [0.1, 0.15) is 73.1 Å². The van der Waals surface area contributed by atoms with Crippen molar-refractivity contribution in [1.82, 2.24) is 0 Å². The predicted octanol–water partition coefficient (Wildman–Crippen LogP) is 3.34. The number of allylic oxidation sites excluding steroid dienone is 1. The molecule has 7 aliphatic rings. The Kier molecular flexibility index (Phi) is 5.11. The quantitative estimate of drug-likeness (QED) is 0.429. The molecule has 0 bridgehead atoms. The smallest absolute Gasteiger partial charge is 0.309 e. The van der Waals surface area contributed by atoms with Crippen LogP contribution in [0.5, 0.6) is 0 Å². The molecule has 0 aromatic heterocycles. The maximum absolute atomic E-state index is 13.6. The summed E-state index contributed by atoms with van der Waals surface area (Å²) in [6.45, 7) is 9.47. The van der Waals surface area contributed by atoms with Gasteiger partial charge in [-0.05, 0) is 88.2 Å². The van der Waals surface area contributed by atoms with Crippen molar-refractivity contribution in [3.8, 4) is 0 Å². The van der Waals surface area contributed by atoms with Crippen LogP contribution in [0.4, 0.5) is 0 Å². The van der Waals surface area contributed by atoms with Crippen molar-refractivity contribution in [2.24, 2.45) is 46.3 Å². The van der Waals surface area contributed by atoms with Gasteiger partial charge in [-0.3, -0.25) is 14.4 Å². The van der Waals surface area contributed by atoms with Gasteiger partial charge in [0, 0.05) is 18.3 Å². The second-order valence-corrected chi connectivity index (χ2v) is 13.8. The lowest BCUT2D eigenvalue weighted by atomic mass is 9.44. The average Bonchev–Trinajstić information content (AvgIpc) is 3.37. The minimum atomic E-state index is -0.935. The Bertz CT molecular complexity index is 1130. The number of fused-ring (bicyclic) bond motifs is 3. The Morgan fingerprint density at radius 3 is 2.53 bits per heavy atom. The first-order valence-electron chi connectivity index (χ1n) is 14.5. The maximum Gasteiger partial charge on any atom is 0.309 e. The highest BCUT2D eigenvalue weighted by Crippen LogP contribution is 2.76. The van der Waals surface area contributed by atoms with Gasteiger partial charge in [0.1, 0.15) is 17.3 Å². The van der Waals surface area contributed by atoms with E-state index in [1.165, 1.54) is 6.92 Å². The number of epoxide rings is 1. The summed E-state index contributed by atoms with van der Waals surface area (Å²) in [6.07, 6.45) is 6.14. The van der Waals surface area contributed by atoms with Crippen LogP contribution in [0.15, 0.2) is 12.2 Å². The van der Waals surface area contributed by atoms with Crippen LogP contribution in [0, 0.1) is 46.3 Å². The fourth-order valence-corrected chi connectivity index (χ4v) is 10.6. The third-order valence-corrected chi connectivity index (χ3v) is 12.7. The first kappa shape index (κ1) is 25.2. The van der Waals surface area contributed by atoms with Crippen molar-refractivity contribution in [2.75, 3.05) is 0 Å². The number of ether oxygens (including phenoxy) is 4. The molecule has 8 heteroatoms. The normalized spacial score (nSPS) is 58.2. The molecular formula is C30H40O8. The third-order valence-electron chi connectivity index (χ3n) is 12.7. The van der Waals surface area contributed by atoms with E-state index in [1.807, 2.05) is 20.8 Å². The van der Waals surface area contributed by atoms with Crippen molar-refractivity contribution in [3.63, 3.8) is 0 Å². The van der Waals surface area contributed by atoms with Crippen LogP contribution < -0.4 is 0 Å². The molecule has 3 heterocycles. The van der Waals surface area contributed by atoms with Crippen molar-refractivity contribution >= 4 is 17.7 Å². The molecule has 8 nitrogen and oxygen atoms in total. The third kappa shape index (κ3) is 2.75. The lowest BCUT2D eigenvalue weighted by Gasteiger charge is -2.58. The van der Waals surface area contributed by atoms with E-state index in [1.54, 1.807) is 12.2 Å². The number of hydrogen-bond donors (Lipinski definition) is 1. The summed E-state index contributed by atoms with van der Waals surface area (Å²) in [7, 11) is 0. The number of carbonyl (C=O) groups is 3. The molecule has 14 atom stereocenters. The van der Waals surface area contributed by atoms with Gasteiger partial charge in [-0.15, -0.1) is 0 Å². The van der Waals surface area contributed by atoms with Gasteiger partial charge in [-0.1, -0.05) is 13.8 Å². The highest BCUT2D eigenvalue weighted by Gasteiger charge is 2.83. The zero-order valence-corrected chi connectivity index (χ0v) is 23.0. The molecule has 3 saturated carbocycles. The van der Waals surface area contributed by atoms with Crippen LogP contribution in [-0.4, -0.2) is 58.6 Å². The molecule has 0 aromatic rings. The van der Waals surface area contributed by atoms with Crippen molar-refractivity contribution in [3.05, 3.63) is 12.2 Å². The topological polar surface area (TPSA) is 112 Å². The van der Waals surface area contributed by atoms with E-state index < -0.39 is 34.4 Å². The number of esters is 2. The Labute approximate surface area is 223 Å². The van der Waals surface area contributed by atoms with Gasteiger partial charge in [0.05, 0.1) is 17.4 Å². The van der Waals surface area contributed by atoms with Gasteiger partial charge < -0.3 is 24.1 Å². The summed E-state index contributed by atoms with van der Waals surface area (Å²) in [5.74, 6) is 0.0720. The van der Waals surface area contributed by atoms with Crippen molar-refractivity contribution < 1.29 is 38.4 Å². The van der Waals surface area contributed by atoms with E-state index in [0.717, 1.165) is 38.5 Å². The molecule has 4 aliphatic carbocycles. The summed E-state index contributed by atoms with van der Waals surface area (Å²) in [5, 5.41) is 11.7. The molecule has 6 fully saturated rings. The Hall–Kier alpha value is -1.77. The minimum absolute atomic E-state index is 0.0499. The standard InChI is InChI=1S/C30H40O8/c1-14-12-23(36-25(33)15(14)2)28(5)20-7-6-19-17-13-24-30(37-24)22(35-16(3)31)9-8-21(32)27(30,4)18(17)10-11-29(19,20)26(34)38-28/h8-9,14-15,17-20,22-24,26,34H,6-7,10-13H2,1-5H3/t14-,15+,17+,18-,19-,20+,22-,23+,24+,26-,27-,28+,29+,30+/m0/s1. The maximum atomic E-state index is 13.6. The fourth-order valence-electron chi connectivity index (χ4n) is 10.6. The summed E-state index contributed by atoms with van der Waals surface area (Å²) >= 11 is 0. The van der Waals surface area contributed by atoms with Crippen LogP contribution in [0.2, 0.25) is 0 Å². The highest BCUT2D eigenvalue weighted by molar-refractivity contribution is 5.98. The van der Waals surface area contributed by atoms with Crippen molar-refractivity contribution in [2.45, 2.75) is 109 Å². The fraction of sp³-hybridized carbons (Fsp3) is 0.833. The van der Waals surface area contributed by atoms with E-state index in [2.05, 4.69) is 6.92 Å². The van der Waals surface area contributed by atoms with Gasteiger partial charge in [0.15, 0.2) is 18.2 Å². The molecule has 7 rings (SSSR count). The zero-order chi connectivity index (χ0) is 27.0. The van der Waals surface area contributed by atoms with Crippen molar-refractivity contribution in [1.29, 1.82) is 0 Å². The van der Waals surface area contributed by atoms with Crippen LogP contribution in [0.25, 0.3) is 0 Å². The second kappa shape index (κ2) is 7.70. The lowest BCUT2D eigenvalue weighted by Crippen LogP contribution is -2.64. The number of hydrogen-bond acceptors (Lipinski definition) is 8. The zero-order valence-electron chi connectivity index (χ0n) is 23.0. The number of rotatable bonds is 2. The van der Waals surface area contributed by atoms with E-state index in [4.69, 9.17) is 18.9 Å². The number of carbonyl (C=O) groups excluding carboxylic acids is 3. The van der Waals surface area contributed by atoms with E-state index in [-0.39, 0.29) is 65.4 Å². The van der Waals surface area contributed by atoms with Crippen LogP contribution >= 0.6 is 0 Å². The van der Waals surface area contributed by atoms with Crippen LogP contribution in [0.3, 0.4) is 0 Å². The van der Waals surface area contributed by atoms with Gasteiger partial charge in [-0.2, -0.15) is 0 Å². The summed E-state index contributed by atoms with van der Waals surface area (Å²) in [4.78, 5) is 38.2. The largest absolute Gasteiger partial charge is 0.459 e. The second-order valence-electron chi connectivity index (χ2n) is 13.8. The highest BCUT2D eigenvalue weighted by atomic mass is 16.7. The lowest BCUT2D eigenvalue weighted by molar-refractivity contribution is -0.226. The Morgan fingerprint density at radius 2 is 1.82 bits per heavy atom. The first-order valence-corrected chi connectivity index (χ1v) is 14.5. The van der Waals surface area contributed by atoms with Crippen LogP contribution in [-0.2, 0) is 33.3 Å². The summed E-state index contributed by atoms with van der Waals surface area (Å²) in [5.41, 5.74) is -2.75. The number of ketones is 1. The average molecular weight is 529 g/mol. The molecule has 1 N–H and O–H groups in total. The van der Waals surface area contributed by atoms with E-state index in [0.29, 0.717) is 0 Å². The molecule has 0 radical (unpaired) electrons. The monoisotopic (exact) mass is 528 g/mol. The van der Waals surface area contributed by atoms with Gasteiger partial charge in [-0.25, -0.2) is 0 Å². The summed E-state index contributed by atoms with van der Waals surface area (Å²) < 4.78 is 24.5. The van der Waals surface area contributed by atoms with E-state index in [9.17, 15) is 19.5 Å². The van der Waals surface area contributed by atoms with E-state index >= 15 is 0 Å². The molecule has 2 spiro atoms. The summed E-state index contributed by atoms with van der Waals surface area (Å²) in [6, 6.07) is 0. The predicted molar refractivity (Wildman–Crippen MR) is 133 cm³/mol. The molecule has 208 valence electrons. The first-order chi connectivity index (χ1) is 17.9. The molecule has 38 heavy (non-hydrogen) atoms. The SMILES string of the molecule is CC(=O)O[C@H]1C=CC(=O)[C@]2(C)[C@H]3CC[C@]45[C@H](CC[C@H]4[C@@H]3C[C@H]3O[C@]132)[C@](C)([C@H]1C[C@H](C)[C@@H](C)C(=O)O1)O[C@@H]5O. The number of aliphatic hydroxyl groups excluding tert-OH is 1. The Balaban J connectivity index is 1.22. The Morgan fingerprint density at radius 1 is 1.05 bits per heavy atom. The molecule has 0 aromatic carbocycles. The number of cyclic esters (lactones) is 1. The molecular weight excluding hydrogens is 488 g/mol.